The van der Waals surface area contributed by atoms with Crippen molar-refractivity contribution < 1.29 is 23.8 Å². The number of anilines is 1. The highest BCUT2D eigenvalue weighted by molar-refractivity contribution is 7.13. The first-order valence-electron chi connectivity index (χ1n) is 9.35. The van der Waals surface area contributed by atoms with E-state index in [0.29, 0.717) is 41.0 Å². The smallest absolute Gasteiger partial charge is 0.229 e. The van der Waals surface area contributed by atoms with Crippen LogP contribution in [0.1, 0.15) is 24.1 Å². The third-order valence-electron chi connectivity index (χ3n) is 4.53. The molecule has 2 N–H and O–H groups in total. The molecule has 1 aliphatic carbocycles. The quantitative estimate of drug-likeness (QED) is 0.614. The van der Waals surface area contributed by atoms with Gasteiger partial charge in [0.15, 0.2) is 16.6 Å². The summed E-state index contributed by atoms with van der Waals surface area (Å²) in [5, 5.41) is 8.02. The third-order valence-corrected chi connectivity index (χ3v) is 5.34. The van der Waals surface area contributed by atoms with Crippen molar-refractivity contribution in [1.29, 1.82) is 0 Å². The third kappa shape index (κ3) is 5.60. The number of rotatable bonds is 10. The Morgan fingerprint density at radius 3 is 2.41 bits per heavy atom. The van der Waals surface area contributed by atoms with Crippen LogP contribution in [-0.4, -0.2) is 44.7 Å². The molecule has 0 atom stereocenters. The second-order valence-corrected chi connectivity index (χ2v) is 7.58. The largest absolute Gasteiger partial charge is 0.493 e. The summed E-state index contributed by atoms with van der Waals surface area (Å²) in [7, 11) is 4.69. The second-order valence-electron chi connectivity index (χ2n) is 6.72. The van der Waals surface area contributed by atoms with Crippen LogP contribution in [0.4, 0.5) is 5.13 Å². The van der Waals surface area contributed by atoms with E-state index in [1.54, 1.807) is 26.7 Å². The van der Waals surface area contributed by atoms with Crippen LogP contribution in [0.15, 0.2) is 17.5 Å². The summed E-state index contributed by atoms with van der Waals surface area (Å²) in [5.74, 6) is 1.72. The van der Waals surface area contributed by atoms with Crippen molar-refractivity contribution in [3.05, 3.63) is 28.8 Å². The Balaban J connectivity index is 1.48. The van der Waals surface area contributed by atoms with E-state index < -0.39 is 0 Å². The molecule has 0 aliphatic heterocycles. The van der Waals surface area contributed by atoms with Gasteiger partial charge in [-0.25, -0.2) is 4.98 Å². The van der Waals surface area contributed by atoms with Crippen molar-refractivity contribution in [1.82, 2.24) is 10.3 Å². The minimum Gasteiger partial charge on any atom is -0.493 e. The Labute approximate surface area is 173 Å². The van der Waals surface area contributed by atoms with Crippen LogP contribution in [0.25, 0.3) is 0 Å². The fraction of sp³-hybridized carbons (Fsp3) is 0.450. The maximum Gasteiger partial charge on any atom is 0.229 e. The lowest BCUT2D eigenvalue weighted by Crippen LogP contribution is -2.27. The lowest BCUT2D eigenvalue weighted by atomic mass is 10.1. The van der Waals surface area contributed by atoms with Crippen molar-refractivity contribution in [3.8, 4) is 17.2 Å². The van der Waals surface area contributed by atoms with Crippen LogP contribution in [0.5, 0.6) is 17.2 Å². The van der Waals surface area contributed by atoms with Crippen LogP contribution in [0, 0.1) is 5.92 Å². The molecule has 8 nitrogen and oxygen atoms in total. The number of benzene rings is 1. The van der Waals surface area contributed by atoms with Gasteiger partial charge in [-0.05, 0) is 37.0 Å². The molecule has 0 bridgehead atoms. The summed E-state index contributed by atoms with van der Waals surface area (Å²) in [4.78, 5) is 28.3. The van der Waals surface area contributed by atoms with Crippen LogP contribution in [0.3, 0.4) is 0 Å². The number of hydrogen-bond donors (Lipinski definition) is 2. The van der Waals surface area contributed by atoms with Gasteiger partial charge in [-0.3, -0.25) is 9.59 Å². The van der Waals surface area contributed by atoms with Gasteiger partial charge in [-0.15, -0.1) is 11.3 Å². The molecule has 1 fully saturated rings. The number of amides is 2. The zero-order valence-corrected chi connectivity index (χ0v) is 17.6. The van der Waals surface area contributed by atoms with Crippen LogP contribution in [-0.2, 0) is 22.4 Å². The number of ether oxygens (including phenoxy) is 3. The van der Waals surface area contributed by atoms with E-state index in [-0.39, 0.29) is 24.2 Å². The van der Waals surface area contributed by atoms with E-state index in [1.165, 1.54) is 11.3 Å². The maximum atomic E-state index is 12.2. The number of carbonyl (C=O) groups is 2. The Morgan fingerprint density at radius 1 is 1.14 bits per heavy atom. The van der Waals surface area contributed by atoms with Crippen molar-refractivity contribution in [2.24, 2.45) is 5.92 Å². The first-order chi connectivity index (χ1) is 14.0. The maximum absolute atomic E-state index is 12.2. The Hall–Kier alpha value is -2.81. The van der Waals surface area contributed by atoms with E-state index in [4.69, 9.17) is 14.2 Å². The molecule has 1 saturated carbocycles. The van der Waals surface area contributed by atoms with Crippen LogP contribution in [0.2, 0.25) is 0 Å². The summed E-state index contributed by atoms with van der Waals surface area (Å²) in [5.41, 5.74) is 1.60. The molecule has 29 heavy (non-hydrogen) atoms. The van der Waals surface area contributed by atoms with Crippen molar-refractivity contribution in [3.63, 3.8) is 0 Å². The number of aromatic nitrogens is 1. The van der Waals surface area contributed by atoms with Gasteiger partial charge in [0.25, 0.3) is 0 Å². The molecule has 2 aromatic rings. The molecule has 9 heteroatoms. The number of nitrogens with one attached hydrogen (secondary N) is 2. The van der Waals surface area contributed by atoms with Gasteiger partial charge in [0, 0.05) is 17.8 Å². The van der Waals surface area contributed by atoms with Crippen molar-refractivity contribution in [2.75, 3.05) is 33.2 Å². The second kappa shape index (κ2) is 9.60. The number of hydrogen-bond acceptors (Lipinski definition) is 7. The van der Waals surface area contributed by atoms with E-state index in [2.05, 4.69) is 15.6 Å². The van der Waals surface area contributed by atoms with Crippen LogP contribution < -0.4 is 24.8 Å². The molecular weight excluding hydrogens is 394 g/mol. The standard InChI is InChI=1S/C20H25N3O5S/c1-26-15-8-12(9-16(27-2)18(15)28-3)6-7-21-17(24)10-14-11-29-20(22-14)23-19(25)13-4-5-13/h8-9,11,13H,4-7,10H2,1-3H3,(H,21,24)(H,22,23,25). The van der Waals surface area contributed by atoms with Crippen molar-refractivity contribution >= 4 is 28.3 Å². The molecule has 1 aromatic heterocycles. The lowest BCUT2D eigenvalue weighted by Gasteiger charge is -2.14. The zero-order chi connectivity index (χ0) is 20.8. The average Bonchev–Trinajstić information content (AvgIpc) is 3.49. The minimum absolute atomic E-state index is 0.0145. The lowest BCUT2D eigenvalue weighted by molar-refractivity contribution is -0.120. The van der Waals surface area contributed by atoms with E-state index in [9.17, 15) is 9.59 Å². The fourth-order valence-electron chi connectivity index (χ4n) is 2.85. The summed E-state index contributed by atoms with van der Waals surface area (Å²) >= 11 is 1.33. The first kappa shape index (κ1) is 20.9. The molecule has 0 spiro atoms. The van der Waals surface area contributed by atoms with Gasteiger partial charge < -0.3 is 24.8 Å². The van der Waals surface area contributed by atoms with Crippen LogP contribution >= 0.6 is 11.3 Å². The molecule has 0 unspecified atom stereocenters. The normalized spacial score (nSPS) is 12.9. The van der Waals surface area contributed by atoms with E-state index in [0.717, 1.165) is 18.4 Å². The highest BCUT2D eigenvalue weighted by Gasteiger charge is 2.30. The van der Waals surface area contributed by atoms with E-state index >= 15 is 0 Å². The Bertz CT molecular complexity index is 854. The number of methoxy groups -OCH3 is 3. The van der Waals surface area contributed by atoms with Gasteiger partial charge >= 0.3 is 0 Å². The first-order valence-corrected chi connectivity index (χ1v) is 10.2. The summed E-state index contributed by atoms with van der Waals surface area (Å²) in [6, 6.07) is 3.73. The molecule has 0 saturated heterocycles. The Morgan fingerprint density at radius 2 is 1.83 bits per heavy atom. The average molecular weight is 420 g/mol. The molecule has 1 heterocycles. The zero-order valence-electron chi connectivity index (χ0n) is 16.7. The molecule has 0 radical (unpaired) electrons. The van der Waals surface area contributed by atoms with Gasteiger partial charge in [-0.2, -0.15) is 0 Å². The highest BCUT2D eigenvalue weighted by atomic mass is 32.1. The van der Waals surface area contributed by atoms with Gasteiger partial charge in [0.05, 0.1) is 33.4 Å². The number of thiazole rings is 1. The molecule has 3 rings (SSSR count). The minimum atomic E-state index is -0.122. The van der Waals surface area contributed by atoms with Gasteiger partial charge in [-0.1, -0.05) is 0 Å². The fourth-order valence-corrected chi connectivity index (χ4v) is 3.56. The molecule has 2 amide bonds. The highest BCUT2D eigenvalue weighted by Crippen LogP contribution is 2.38. The van der Waals surface area contributed by atoms with Gasteiger partial charge in [0.2, 0.25) is 17.6 Å². The van der Waals surface area contributed by atoms with Crippen molar-refractivity contribution in [2.45, 2.75) is 25.7 Å². The molecule has 1 aliphatic rings. The SMILES string of the molecule is COc1cc(CCNC(=O)Cc2csc(NC(=O)C3CC3)n2)cc(OC)c1OC. The molecule has 156 valence electrons. The predicted octanol–water partition coefficient (Wildman–Crippen LogP) is 2.42. The number of nitrogens with zero attached hydrogens (tertiary/aromatic N) is 1. The summed E-state index contributed by atoms with van der Waals surface area (Å²) in [6.45, 7) is 0.465. The molecule has 1 aromatic carbocycles. The Kier molecular flexibility index (Phi) is 6.92. The topological polar surface area (TPSA) is 98.8 Å². The number of carbonyl (C=O) groups excluding carboxylic acids is 2. The summed E-state index contributed by atoms with van der Waals surface area (Å²) in [6.07, 6.45) is 2.67. The van der Waals surface area contributed by atoms with Gasteiger partial charge in [0.1, 0.15) is 0 Å². The predicted molar refractivity (Wildman–Crippen MR) is 110 cm³/mol. The monoisotopic (exact) mass is 419 g/mol. The molecular formula is C20H25N3O5S. The summed E-state index contributed by atoms with van der Waals surface area (Å²) < 4.78 is 16.0. The van der Waals surface area contributed by atoms with E-state index in [1.807, 2.05) is 12.1 Å².